The van der Waals surface area contributed by atoms with Gasteiger partial charge in [-0.25, -0.2) is 9.18 Å². The van der Waals surface area contributed by atoms with E-state index < -0.39 is 11.9 Å². The highest BCUT2D eigenvalue weighted by molar-refractivity contribution is 5.92. The molecule has 5 heteroatoms. The minimum absolute atomic E-state index is 0.250. The molecule has 0 aliphatic rings. The van der Waals surface area contributed by atoms with E-state index >= 15 is 0 Å². The molecule has 0 unspecified atom stereocenters. The number of aryl methyl sites for hydroxylation is 2. The van der Waals surface area contributed by atoms with E-state index in [1.165, 1.54) is 12.1 Å². The van der Waals surface area contributed by atoms with Crippen molar-refractivity contribution in [2.24, 2.45) is 0 Å². The molecule has 0 aliphatic heterocycles. The van der Waals surface area contributed by atoms with Gasteiger partial charge in [-0.3, -0.25) is 4.79 Å². The molecule has 1 amide bonds. The van der Waals surface area contributed by atoms with Crippen molar-refractivity contribution < 1.29 is 18.7 Å². The molecule has 0 atom stereocenters. The molecule has 0 saturated carbocycles. The van der Waals surface area contributed by atoms with E-state index in [2.05, 4.69) is 5.32 Å². The summed E-state index contributed by atoms with van der Waals surface area (Å²) in [4.78, 5) is 23.6. The summed E-state index contributed by atoms with van der Waals surface area (Å²) >= 11 is 0. The van der Waals surface area contributed by atoms with Gasteiger partial charge in [0.15, 0.2) is 6.61 Å². The summed E-state index contributed by atoms with van der Waals surface area (Å²) in [6.07, 6.45) is 0. The highest BCUT2D eigenvalue weighted by atomic mass is 19.1. The number of rotatable bonds is 5. The van der Waals surface area contributed by atoms with Gasteiger partial charge >= 0.3 is 5.97 Å². The van der Waals surface area contributed by atoms with Crippen molar-refractivity contribution >= 4 is 11.9 Å². The normalized spacial score (nSPS) is 10.2. The Morgan fingerprint density at radius 3 is 2.43 bits per heavy atom. The third kappa shape index (κ3) is 4.92. The number of carbonyl (C=O) groups excluding carboxylic acids is 2. The topological polar surface area (TPSA) is 55.4 Å². The van der Waals surface area contributed by atoms with E-state index in [0.29, 0.717) is 5.56 Å². The fourth-order valence-electron chi connectivity index (χ4n) is 2.11. The van der Waals surface area contributed by atoms with Crippen molar-refractivity contribution in [1.82, 2.24) is 5.32 Å². The Kier molecular flexibility index (Phi) is 5.46. The van der Waals surface area contributed by atoms with Gasteiger partial charge < -0.3 is 10.1 Å². The number of hydrogen-bond acceptors (Lipinski definition) is 3. The van der Waals surface area contributed by atoms with Crippen LogP contribution >= 0.6 is 0 Å². The lowest BCUT2D eigenvalue weighted by molar-refractivity contribution is -0.124. The molecular weight excluding hydrogens is 297 g/mol. The Morgan fingerprint density at radius 1 is 1.09 bits per heavy atom. The first-order valence-electron chi connectivity index (χ1n) is 7.21. The van der Waals surface area contributed by atoms with Crippen LogP contribution in [0.3, 0.4) is 0 Å². The smallest absolute Gasteiger partial charge is 0.338 e. The fraction of sp³-hybridized carbons (Fsp3) is 0.222. The Morgan fingerprint density at radius 2 is 1.78 bits per heavy atom. The van der Waals surface area contributed by atoms with Crippen LogP contribution in [0.1, 0.15) is 27.0 Å². The van der Waals surface area contributed by atoms with Crippen molar-refractivity contribution in [1.29, 1.82) is 0 Å². The van der Waals surface area contributed by atoms with Gasteiger partial charge in [0.05, 0.1) is 5.56 Å². The monoisotopic (exact) mass is 315 g/mol. The Bertz CT molecular complexity index is 711. The summed E-state index contributed by atoms with van der Waals surface area (Å²) in [5.74, 6) is -1.27. The van der Waals surface area contributed by atoms with Crippen molar-refractivity contribution in [3.8, 4) is 0 Å². The first-order valence-corrected chi connectivity index (χ1v) is 7.21. The summed E-state index contributed by atoms with van der Waals surface area (Å²) in [7, 11) is 0. The van der Waals surface area contributed by atoms with E-state index in [0.717, 1.165) is 16.7 Å². The number of ether oxygens (including phenoxy) is 1. The molecule has 0 bridgehead atoms. The standard InChI is InChI=1S/C18H18FNO3/c1-12-3-8-16(13(2)9-12)18(22)23-11-17(21)20-10-14-4-6-15(19)7-5-14/h3-9H,10-11H2,1-2H3,(H,20,21). The molecule has 2 aromatic carbocycles. The number of carbonyl (C=O) groups is 2. The minimum atomic E-state index is -0.528. The van der Waals surface area contributed by atoms with Crippen LogP contribution in [0, 0.1) is 19.7 Å². The molecule has 23 heavy (non-hydrogen) atoms. The molecule has 0 fully saturated rings. The predicted octanol–water partition coefficient (Wildman–Crippen LogP) is 2.92. The van der Waals surface area contributed by atoms with Crippen LogP contribution in [-0.4, -0.2) is 18.5 Å². The molecule has 4 nitrogen and oxygen atoms in total. The second-order valence-corrected chi connectivity index (χ2v) is 5.30. The van der Waals surface area contributed by atoms with Crippen LogP contribution < -0.4 is 5.32 Å². The lowest BCUT2D eigenvalue weighted by Gasteiger charge is -2.08. The van der Waals surface area contributed by atoms with Gasteiger partial charge in [0.25, 0.3) is 5.91 Å². The van der Waals surface area contributed by atoms with Crippen molar-refractivity contribution in [2.45, 2.75) is 20.4 Å². The molecule has 120 valence electrons. The first-order chi connectivity index (χ1) is 11.0. The molecule has 0 saturated heterocycles. The predicted molar refractivity (Wildman–Crippen MR) is 84.4 cm³/mol. The molecule has 0 aliphatic carbocycles. The third-order valence-electron chi connectivity index (χ3n) is 3.34. The molecule has 0 radical (unpaired) electrons. The number of benzene rings is 2. The maximum atomic E-state index is 12.8. The zero-order chi connectivity index (χ0) is 16.8. The second-order valence-electron chi connectivity index (χ2n) is 5.30. The summed E-state index contributed by atoms with van der Waals surface area (Å²) in [5.41, 5.74) is 3.07. The van der Waals surface area contributed by atoms with Gasteiger partial charge in [-0.2, -0.15) is 0 Å². The molecule has 0 aromatic heterocycles. The highest BCUT2D eigenvalue weighted by Crippen LogP contribution is 2.11. The number of hydrogen-bond donors (Lipinski definition) is 1. The molecule has 2 rings (SSSR count). The fourth-order valence-corrected chi connectivity index (χ4v) is 2.11. The van der Waals surface area contributed by atoms with Gasteiger partial charge in [0.1, 0.15) is 5.82 Å². The second kappa shape index (κ2) is 7.54. The van der Waals surface area contributed by atoms with Crippen LogP contribution in [0.5, 0.6) is 0 Å². The number of esters is 1. The van der Waals surface area contributed by atoms with Crippen LogP contribution in [0.4, 0.5) is 4.39 Å². The molecule has 0 heterocycles. The van der Waals surface area contributed by atoms with Crippen molar-refractivity contribution in [3.63, 3.8) is 0 Å². The minimum Gasteiger partial charge on any atom is -0.452 e. The number of amides is 1. The van der Waals surface area contributed by atoms with Gasteiger partial charge in [0, 0.05) is 6.54 Å². The summed E-state index contributed by atoms with van der Waals surface area (Å²) in [6.45, 7) is 3.65. The van der Waals surface area contributed by atoms with Crippen LogP contribution in [0.2, 0.25) is 0 Å². The van der Waals surface area contributed by atoms with Crippen LogP contribution in [0.25, 0.3) is 0 Å². The van der Waals surface area contributed by atoms with Gasteiger partial charge in [-0.15, -0.1) is 0 Å². The summed E-state index contributed by atoms with van der Waals surface area (Å²) in [5, 5.41) is 2.61. The SMILES string of the molecule is Cc1ccc(C(=O)OCC(=O)NCc2ccc(F)cc2)c(C)c1. The van der Waals surface area contributed by atoms with E-state index in [9.17, 15) is 14.0 Å². The molecule has 1 N–H and O–H groups in total. The van der Waals surface area contributed by atoms with Gasteiger partial charge in [-0.05, 0) is 43.2 Å². The average molecular weight is 315 g/mol. The molecule has 2 aromatic rings. The zero-order valence-electron chi connectivity index (χ0n) is 13.1. The summed E-state index contributed by atoms with van der Waals surface area (Å²) in [6, 6.07) is 11.2. The van der Waals surface area contributed by atoms with E-state index in [1.807, 2.05) is 26.0 Å². The van der Waals surface area contributed by atoms with E-state index in [1.54, 1.807) is 18.2 Å². The van der Waals surface area contributed by atoms with Gasteiger partial charge in [-0.1, -0.05) is 29.8 Å². The van der Waals surface area contributed by atoms with E-state index in [-0.39, 0.29) is 19.0 Å². The highest BCUT2D eigenvalue weighted by Gasteiger charge is 2.12. The Hall–Kier alpha value is -2.69. The van der Waals surface area contributed by atoms with Crippen LogP contribution in [-0.2, 0) is 16.1 Å². The van der Waals surface area contributed by atoms with Crippen LogP contribution in [0.15, 0.2) is 42.5 Å². The van der Waals surface area contributed by atoms with E-state index in [4.69, 9.17) is 4.74 Å². The maximum absolute atomic E-state index is 12.8. The Balaban J connectivity index is 1.81. The lowest BCUT2D eigenvalue weighted by atomic mass is 10.1. The Labute approximate surface area is 134 Å². The molecule has 0 spiro atoms. The van der Waals surface area contributed by atoms with Crippen molar-refractivity contribution in [2.75, 3.05) is 6.61 Å². The molecular formula is C18H18FNO3. The largest absolute Gasteiger partial charge is 0.452 e. The average Bonchev–Trinajstić information content (AvgIpc) is 2.52. The summed E-state index contributed by atoms with van der Waals surface area (Å²) < 4.78 is 17.8. The zero-order valence-corrected chi connectivity index (χ0v) is 13.1. The first kappa shape index (κ1) is 16.7. The van der Waals surface area contributed by atoms with Crippen molar-refractivity contribution in [3.05, 3.63) is 70.5 Å². The number of nitrogens with one attached hydrogen (secondary N) is 1. The lowest BCUT2D eigenvalue weighted by Crippen LogP contribution is -2.28. The quantitative estimate of drug-likeness (QED) is 0.863. The maximum Gasteiger partial charge on any atom is 0.338 e. The third-order valence-corrected chi connectivity index (χ3v) is 3.34. The number of halogens is 1. The van der Waals surface area contributed by atoms with Gasteiger partial charge in [0.2, 0.25) is 0 Å².